The number of thiazole rings is 1. The number of benzene rings is 1. The highest BCUT2D eigenvalue weighted by molar-refractivity contribution is 7.07. The quantitative estimate of drug-likeness (QED) is 0.881. The monoisotopic (exact) mass is 276 g/mol. The summed E-state index contributed by atoms with van der Waals surface area (Å²) in [7, 11) is 0. The van der Waals surface area contributed by atoms with Gasteiger partial charge in [-0.2, -0.15) is 0 Å². The molecule has 19 heavy (non-hydrogen) atoms. The van der Waals surface area contributed by atoms with Gasteiger partial charge in [0, 0.05) is 11.4 Å². The van der Waals surface area contributed by atoms with E-state index in [0.717, 1.165) is 5.56 Å². The largest absolute Gasteiger partial charge is 0.388 e. The normalized spacial score (nSPS) is 13.8. The fraction of sp³-hybridized carbons (Fsp3) is 0.286. The Hall–Kier alpha value is -1.72. The Morgan fingerprint density at radius 1 is 1.42 bits per heavy atom. The molecule has 0 radical (unpaired) electrons. The third-order valence-corrected chi connectivity index (χ3v) is 3.39. The van der Waals surface area contributed by atoms with Crippen molar-refractivity contribution in [2.75, 3.05) is 0 Å². The number of hydrogen-bond donors (Lipinski definition) is 2. The molecular weight excluding hydrogens is 260 g/mol. The minimum Gasteiger partial charge on any atom is -0.388 e. The van der Waals surface area contributed by atoms with Gasteiger partial charge in [0.1, 0.15) is 5.69 Å². The minimum atomic E-state index is -0.577. The second-order valence-corrected chi connectivity index (χ2v) is 5.13. The predicted octanol–water partition coefficient (Wildman–Crippen LogP) is 2.39. The predicted molar refractivity (Wildman–Crippen MR) is 75.1 cm³/mol. The molecule has 2 aromatic rings. The van der Waals surface area contributed by atoms with Crippen molar-refractivity contribution in [2.45, 2.75) is 25.5 Å². The van der Waals surface area contributed by atoms with E-state index >= 15 is 0 Å². The molecule has 2 N–H and O–H groups in total. The minimum absolute atomic E-state index is 0.121. The van der Waals surface area contributed by atoms with Crippen LogP contribution in [0.3, 0.4) is 0 Å². The molecule has 100 valence electrons. The van der Waals surface area contributed by atoms with E-state index in [1.54, 1.807) is 10.9 Å². The summed E-state index contributed by atoms with van der Waals surface area (Å²) in [4.78, 5) is 15.7. The number of aliphatic hydroxyl groups excluding tert-OH is 1. The number of aliphatic hydroxyl groups is 1. The molecule has 0 fully saturated rings. The third kappa shape index (κ3) is 3.87. The summed E-state index contributed by atoms with van der Waals surface area (Å²) in [5, 5.41) is 14.6. The second-order valence-electron chi connectivity index (χ2n) is 4.41. The van der Waals surface area contributed by atoms with Crippen LogP contribution < -0.4 is 5.32 Å². The summed E-state index contributed by atoms with van der Waals surface area (Å²) in [6.07, 6.45) is -0.105. The summed E-state index contributed by atoms with van der Waals surface area (Å²) in [5.41, 5.74) is 2.90. The maximum Gasteiger partial charge on any atom is 0.270 e. The van der Waals surface area contributed by atoms with Crippen molar-refractivity contribution in [1.29, 1.82) is 0 Å². The Morgan fingerprint density at radius 3 is 2.79 bits per heavy atom. The molecule has 0 saturated carbocycles. The van der Waals surface area contributed by atoms with Gasteiger partial charge in [-0.15, -0.1) is 11.3 Å². The average Bonchev–Trinajstić information content (AvgIpc) is 2.93. The molecule has 0 aliphatic rings. The number of amides is 1. The van der Waals surface area contributed by atoms with Crippen LogP contribution >= 0.6 is 11.3 Å². The lowest BCUT2D eigenvalue weighted by Gasteiger charge is -2.17. The fourth-order valence-electron chi connectivity index (χ4n) is 1.83. The van der Waals surface area contributed by atoms with Gasteiger partial charge in [-0.05, 0) is 18.9 Å². The van der Waals surface area contributed by atoms with E-state index < -0.39 is 6.10 Å². The molecule has 0 aliphatic heterocycles. The molecule has 0 saturated heterocycles. The Balaban J connectivity index is 1.88. The lowest BCUT2D eigenvalue weighted by molar-refractivity contribution is 0.0912. The van der Waals surface area contributed by atoms with E-state index in [9.17, 15) is 9.90 Å². The Bertz CT molecular complexity index is 514. The van der Waals surface area contributed by atoms with Crippen LogP contribution in [0.25, 0.3) is 0 Å². The Kier molecular flexibility index (Phi) is 4.65. The average molecular weight is 276 g/mol. The molecular formula is C14H16N2O2S. The molecule has 1 aromatic carbocycles. The standard InChI is InChI=1S/C14H16N2O2S/c1-10(16-14(18)12-8-19-9-15-12)7-13(17)11-5-3-2-4-6-11/h2-6,8-10,13,17H,7H2,1H3,(H,16,18). The van der Waals surface area contributed by atoms with Crippen molar-refractivity contribution in [3.63, 3.8) is 0 Å². The maximum absolute atomic E-state index is 11.8. The first-order valence-electron chi connectivity index (χ1n) is 6.09. The van der Waals surface area contributed by atoms with Gasteiger partial charge in [0.25, 0.3) is 5.91 Å². The first kappa shape index (κ1) is 13.7. The molecule has 2 atom stereocenters. The van der Waals surface area contributed by atoms with Gasteiger partial charge < -0.3 is 10.4 Å². The molecule has 0 aliphatic carbocycles. The van der Waals surface area contributed by atoms with E-state index in [1.807, 2.05) is 37.3 Å². The van der Waals surface area contributed by atoms with Crippen molar-refractivity contribution in [2.24, 2.45) is 0 Å². The highest BCUT2D eigenvalue weighted by Crippen LogP contribution is 2.17. The molecule has 0 spiro atoms. The molecule has 4 nitrogen and oxygen atoms in total. The van der Waals surface area contributed by atoms with E-state index in [-0.39, 0.29) is 11.9 Å². The van der Waals surface area contributed by atoms with Gasteiger partial charge in [0.15, 0.2) is 0 Å². The Morgan fingerprint density at radius 2 is 2.16 bits per heavy atom. The van der Waals surface area contributed by atoms with Gasteiger partial charge in [-0.25, -0.2) is 4.98 Å². The number of aromatic nitrogens is 1. The summed E-state index contributed by atoms with van der Waals surface area (Å²) in [6.45, 7) is 1.87. The molecule has 1 aromatic heterocycles. The SMILES string of the molecule is CC(CC(O)c1ccccc1)NC(=O)c1cscn1. The van der Waals surface area contributed by atoms with Crippen molar-refractivity contribution in [3.05, 3.63) is 52.5 Å². The van der Waals surface area contributed by atoms with E-state index in [1.165, 1.54) is 11.3 Å². The smallest absolute Gasteiger partial charge is 0.270 e. The van der Waals surface area contributed by atoms with E-state index in [2.05, 4.69) is 10.3 Å². The number of nitrogens with zero attached hydrogens (tertiary/aromatic N) is 1. The molecule has 1 amide bonds. The maximum atomic E-state index is 11.8. The number of carbonyl (C=O) groups excluding carboxylic acids is 1. The number of hydrogen-bond acceptors (Lipinski definition) is 4. The zero-order valence-corrected chi connectivity index (χ0v) is 11.4. The lowest BCUT2D eigenvalue weighted by Crippen LogP contribution is -2.33. The summed E-state index contributed by atoms with van der Waals surface area (Å²) < 4.78 is 0. The highest BCUT2D eigenvalue weighted by Gasteiger charge is 2.15. The second kappa shape index (κ2) is 6.45. The summed E-state index contributed by atoms with van der Waals surface area (Å²) in [5.74, 6) is -0.200. The van der Waals surface area contributed by atoms with Crippen LogP contribution in [-0.4, -0.2) is 22.0 Å². The molecule has 0 bridgehead atoms. The Labute approximate surface area is 116 Å². The molecule has 2 rings (SSSR count). The topological polar surface area (TPSA) is 62.2 Å². The van der Waals surface area contributed by atoms with E-state index in [4.69, 9.17) is 0 Å². The van der Waals surface area contributed by atoms with Crippen molar-refractivity contribution < 1.29 is 9.90 Å². The van der Waals surface area contributed by atoms with Crippen LogP contribution in [0.2, 0.25) is 0 Å². The molecule has 5 heteroatoms. The van der Waals surface area contributed by atoms with Gasteiger partial charge in [0.05, 0.1) is 11.6 Å². The van der Waals surface area contributed by atoms with E-state index in [0.29, 0.717) is 12.1 Å². The van der Waals surface area contributed by atoms with Gasteiger partial charge in [0.2, 0.25) is 0 Å². The van der Waals surface area contributed by atoms with Crippen LogP contribution in [-0.2, 0) is 0 Å². The zero-order chi connectivity index (χ0) is 13.7. The van der Waals surface area contributed by atoms with Gasteiger partial charge >= 0.3 is 0 Å². The van der Waals surface area contributed by atoms with Crippen LogP contribution in [0.5, 0.6) is 0 Å². The zero-order valence-electron chi connectivity index (χ0n) is 10.6. The van der Waals surface area contributed by atoms with Crippen LogP contribution in [0.1, 0.15) is 35.5 Å². The third-order valence-electron chi connectivity index (χ3n) is 2.80. The lowest BCUT2D eigenvalue weighted by atomic mass is 10.0. The number of rotatable bonds is 5. The van der Waals surface area contributed by atoms with Crippen LogP contribution in [0, 0.1) is 0 Å². The van der Waals surface area contributed by atoms with Crippen molar-refractivity contribution in [1.82, 2.24) is 10.3 Å². The fourth-order valence-corrected chi connectivity index (χ4v) is 2.36. The number of carbonyl (C=O) groups is 1. The first-order valence-corrected chi connectivity index (χ1v) is 7.03. The first-order chi connectivity index (χ1) is 9.16. The summed E-state index contributed by atoms with van der Waals surface area (Å²) >= 11 is 1.38. The van der Waals surface area contributed by atoms with Crippen LogP contribution in [0.15, 0.2) is 41.2 Å². The van der Waals surface area contributed by atoms with Gasteiger partial charge in [-0.3, -0.25) is 4.79 Å². The molecule has 2 unspecified atom stereocenters. The van der Waals surface area contributed by atoms with Crippen LogP contribution in [0.4, 0.5) is 0 Å². The van der Waals surface area contributed by atoms with Crippen molar-refractivity contribution in [3.8, 4) is 0 Å². The summed E-state index contributed by atoms with van der Waals surface area (Å²) in [6, 6.07) is 9.31. The van der Waals surface area contributed by atoms with Gasteiger partial charge in [-0.1, -0.05) is 30.3 Å². The number of nitrogens with one attached hydrogen (secondary N) is 1. The van der Waals surface area contributed by atoms with Crippen molar-refractivity contribution >= 4 is 17.2 Å². The highest BCUT2D eigenvalue weighted by atomic mass is 32.1. The molecule has 1 heterocycles.